The van der Waals surface area contributed by atoms with Gasteiger partial charge in [0.25, 0.3) is 0 Å². The number of fused-ring (bicyclic) bond motifs is 1. The monoisotopic (exact) mass is 313 g/mol. The van der Waals surface area contributed by atoms with E-state index in [1.807, 2.05) is 50.2 Å². The van der Waals surface area contributed by atoms with Gasteiger partial charge in [-0.1, -0.05) is 30.3 Å². The summed E-state index contributed by atoms with van der Waals surface area (Å²) in [5.41, 5.74) is 6.38. The predicted molar refractivity (Wildman–Crippen MR) is 90.3 cm³/mol. The normalized spacial score (nSPS) is 16.8. The van der Waals surface area contributed by atoms with Crippen molar-refractivity contribution >= 4 is 16.7 Å². The highest BCUT2D eigenvalue weighted by atomic mass is 16.5. The van der Waals surface area contributed by atoms with Crippen LogP contribution in [0.3, 0.4) is 0 Å². The van der Waals surface area contributed by atoms with Crippen molar-refractivity contribution in [1.29, 1.82) is 0 Å². The molecule has 4 nitrogen and oxygen atoms in total. The molecular formula is C19H23NO3. The van der Waals surface area contributed by atoms with Gasteiger partial charge in [-0.2, -0.15) is 0 Å². The number of hydrogen-bond acceptors (Lipinski definition) is 4. The maximum Gasteiger partial charge on any atom is 0.331 e. The Balaban J connectivity index is 2.18. The van der Waals surface area contributed by atoms with E-state index in [-0.39, 0.29) is 11.9 Å². The van der Waals surface area contributed by atoms with Crippen LogP contribution in [0.4, 0.5) is 0 Å². The molecule has 1 fully saturated rings. The minimum absolute atomic E-state index is 0.142. The fourth-order valence-corrected chi connectivity index (χ4v) is 3.20. The van der Waals surface area contributed by atoms with E-state index < -0.39 is 5.54 Å². The van der Waals surface area contributed by atoms with Crippen LogP contribution in [0.5, 0.6) is 5.75 Å². The topological polar surface area (TPSA) is 61.5 Å². The lowest BCUT2D eigenvalue weighted by Gasteiger charge is -2.29. The van der Waals surface area contributed by atoms with Gasteiger partial charge in [0.05, 0.1) is 13.2 Å². The lowest BCUT2D eigenvalue weighted by atomic mass is 9.82. The third-order valence-electron chi connectivity index (χ3n) is 4.46. The molecule has 0 aromatic heterocycles. The number of nitrogens with two attached hydrogens (primary N) is 1. The largest absolute Gasteiger partial charge is 0.493 e. The fraction of sp³-hybridized carbons (Fsp3) is 0.421. The van der Waals surface area contributed by atoms with Crippen molar-refractivity contribution in [2.75, 3.05) is 13.2 Å². The Morgan fingerprint density at radius 3 is 2.43 bits per heavy atom. The van der Waals surface area contributed by atoms with Gasteiger partial charge in [0.2, 0.25) is 0 Å². The van der Waals surface area contributed by atoms with Crippen molar-refractivity contribution in [1.82, 2.24) is 0 Å². The fourth-order valence-electron chi connectivity index (χ4n) is 3.20. The zero-order valence-electron chi connectivity index (χ0n) is 13.7. The van der Waals surface area contributed by atoms with Gasteiger partial charge in [-0.3, -0.25) is 0 Å². The van der Waals surface area contributed by atoms with Crippen molar-refractivity contribution < 1.29 is 14.3 Å². The quantitative estimate of drug-likeness (QED) is 0.831. The molecule has 3 rings (SSSR count). The molecule has 0 amide bonds. The Bertz CT molecular complexity index is 724. The average Bonchev–Trinajstić information content (AvgIpc) is 3.40. The summed E-state index contributed by atoms with van der Waals surface area (Å²) < 4.78 is 11.0. The summed E-state index contributed by atoms with van der Waals surface area (Å²) in [5, 5.41) is 1.94. The number of carbonyl (C=O) groups excluding carboxylic acids is 1. The van der Waals surface area contributed by atoms with Crippen LogP contribution in [0.25, 0.3) is 10.8 Å². The first-order valence-corrected chi connectivity index (χ1v) is 8.24. The van der Waals surface area contributed by atoms with E-state index in [0.717, 1.165) is 34.9 Å². The van der Waals surface area contributed by atoms with Crippen LogP contribution in [0, 0.1) is 5.92 Å². The van der Waals surface area contributed by atoms with E-state index in [1.165, 1.54) is 0 Å². The second kappa shape index (κ2) is 6.20. The second-order valence-corrected chi connectivity index (χ2v) is 5.95. The molecule has 2 N–H and O–H groups in total. The molecule has 23 heavy (non-hydrogen) atoms. The Labute approximate surface area is 136 Å². The van der Waals surface area contributed by atoms with Crippen molar-refractivity contribution in [2.45, 2.75) is 32.2 Å². The number of hydrogen-bond donors (Lipinski definition) is 1. The molecule has 1 atom stereocenters. The van der Waals surface area contributed by atoms with Gasteiger partial charge in [-0.15, -0.1) is 0 Å². The lowest BCUT2D eigenvalue weighted by molar-refractivity contribution is -0.151. The zero-order chi connectivity index (χ0) is 16.4. The maximum absolute atomic E-state index is 12.6. The van der Waals surface area contributed by atoms with Crippen LogP contribution in [0.2, 0.25) is 0 Å². The summed E-state index contributed by atoms with van der Waals surface area (Å²) in [6, 6.07) is 11.8. The minimum atomic E-state index is -1.08. The van der Waals surface area contributed by atoms with Gasteiger partial charge < -0.3 is 15.2 Å². The summed E-state index contributed by atoms with van der Waals surface area (Å²) >= 11 is 0. The molecule has 122 valence electrons. The number of rotatable bonds is 6. The van der Waals surface area contributed by atoms with Crippen LogP contribution >= 0.6 is 0 Å². The highest BCUT2D eigenvalue weighted by Crippen LogP contribution is 2.47. The van der Waals surface area contributed by atoms with Crippen molar-refractivity contribution in [2.24, 2.45) is 11.7 Å². The zero-order valence-corrected chi connectivity index (χ0v) is 13.7. The third kappa shape index (κ3) is 2.68. The van der Waals surface area contributed by atoms with Gasteiger partial charge >= 0.3 is 5.97 Å². The summed E-state index contributed by atoms with van der Waals surface area (Å²) in [5.74, 6) is 0.619. The molecular weight excluding hydrogens is 290 g/mol. The van der Waals surface area contributed by atoms with E-state index in [9.17, 15) is 4.79 Å². The second-order valence-electron chi connectivity index (χ2n) is 5.95. The molecule has 1 aliphatic rings. The average molecular weight is 313 g/mol. The number of ether oxygens (including phenoxy) is 2. The van der Waals surface area contributed by atoms with E-state index in [0.29, 0.717) is 13.2 Å². The summed E-state index contributed by atoms with van der Waals surface area (Å²) in [6.45, 7) is 4.69. The van der Waals surface area contributed by atoms with Crippen LogP contribution in [-0.2, 0) is 15.1 Å². The van der Waals surface area contributed by atoms with E-state index in [4.69, 9.17) is 15.2 Å². The Morgan fingerprint density at radius 2 is 1.83 bits per heavy atom. The standard InChI is InChI=1S/C19H23NO3/c1-3-22-17-12-11-16(14-7-5-6-8-15(14)17)19(20,13-9-10-13)18(21)23-4-2/h5-8,11-13H,3-4,9-10,20H2,1-2H3. The Kier molecular flexibility index (Phi) is 4.26. The van der Waals surface area contributed by atoms with Crippen molar-refractivity contribution in [3.8, 4) is 5.75 Å². The smallest absolute Gasteiger partial charge is 0.331 e. The van der Waals surface area contributed by atoms with Crippen LogP contribution in [-0.4, -0.2) is 19.2 Å². The highest BCUT2D eigenvalue weighted by molar-refractivity contribution is 5.96. The van der Waals surface area contributed by atoms with Crippen LogP contribution < -0.4 is 10.5 Å². The molecule has 0 heterocycles. The molecule has 2 aromatic carbocycles. The van der Waals surface area contributed by atoms with Gasteiger partial charge in [0, 0.05) is 5.39 Å². The molecule has 1 unspecified atom stereocenters. The Morgan fingerprint density at radius 1 is 1.13 bits per heavy atom. The van der Waals surface area contributed by atoms with Crippen molar-refractivity contribution in [3.05, 3.63) is 42.0 Å². The van der Waals surface area contributed by atoms with E-state index >= 15 is 0 Å². The molecule has 4 heteroatoms. The number of esters is 1. The maximum atomic E-state index is 12.6. The number of carbonyl (C=O) groups is 1. The first kappa shape index (κ1) is 15.8. The van der Waals surface area contributed by atoms with Crippen molar-refractivity contribution in [3.63, 3.8) is 0 Å². The summed E-state index contributed by atoms with van der Waals surface area (Å²) in [4.78, 5) is 12.6. The molecule has 0 spiro atoms. The van der Waals surface area contributed by atoms with Gasteiger partial charge in [-0.25, -0.2) is 4.79 Å². The summed E-state index contributed by atoms with van der Waals surface area (Å²) in [6.07, 6.45) is 1.91. The molecule has 0 saturated heterocycles. The molecule has 0 aliphatic heterocycles. The SMILES string of the molecule is CCOC(=O)C(N)(c1ccc(OCC)c2ccccc12)C1CC1. The first-order valence-electron chi connectivity index (χ1n) is 8.24. The molecule has 1 aliphatic carbocycles. The number of benzene rings is 2. The molecule has 0 radical (unpaired) electrons. The minimum Gasteiger partial charge on any atom is -0.493 e. The van der Waals surface area contributed by atoms with Gasteiger partial charge in [0.15, 0.2) is 0 Å². The molecule has 1 saturated carbocycles. The highest BCUT2D eigenvalue weighted by Gasteiger charge is 2.51. The lowest BCUT2D eigenvalue weighted by Crippen LogP contribution is -2.48. The predicted octanol–water partition coefficient (Wildman–Crippen LogP) is 3.37. The molecule has 2 aromatic rings. The molecule has 0 bridgehead atoms. The van der Waals surface area contributed by atoms with Gasteiger partial charge in [0.1, 0.15) is 11.3 Å². The van der Waals surface area contributed by atoms with Crippen LogP contribution in [0.15, 0.2) is 36.4 Å². The first-order chi connectivity index (χ1) is 11.1. The van der Waals surface area contributed by atoms with Gasteiger partial charge in [-0.05, 0) is 49.6 Å². The van der Waals surface area contributed by atoms with E-state index in [1.54, 1.807) is 0 Å². The van der Waals surface area contributed by atoms with E-state index in [2.05, 4.69) is 0 Å². The summed E-state index contributed by atoms with van der Waals surface area (Å²) in [7, 11) is 0. The third-order valence-corrected chi connectivity index (χ3v) is 4.46. The Hall–Kier alpha value is -2.07. The van der Waals surface area contributed by atoms with Crippen LogP contribution in [0.1, 0.15) is 32.3 Å².